The van der Waals surface area contributed by atoms with E-state index in [1.165, 1.54) is 64.2 Å². The molecule has 0 aliphatic heterocycles. The highest BCUT2D eigenvalue weighted by Gasteiger charge is 2.60. The predicted octanol–water partition coefficient (Wildman–Crippen LogP) is 5.62. The summed E-state index contributed by atoms with van der Waals surface area (Å²) in [6.07, 6.45) is 16.1. The quantitative estimate of drug-likeness (QED) is 0.583. The fourth-order valence-corrected chi connectivity index (χ4v) is 9.28. The minimum absolute atomic E-state index is 0. The molecule has 0 aromatic heterocycles. The van der Waals surface area contributed by atoms with Gasteiger partial charge in [0.05, 0.1) is 6.10 Å². The third kappa shape index (κ3) is 4.01. The highest BCUT2D eigenvalue weighted by molar-refractivity contribution is 5.09. The van der Waals surface area contributed by atoms with Crippen LogP contribution in [0, 0.1) is 52.3 Å². The van der Waals surface area contributed by atoms with Crippen LogP contribution in [-0.4, -0.2) is 28.4 Å². The van der Waals surface area contributed by atoms with Crippen LogP contribution in [0.3, 0.4) is 0 Å². The Kier molecular flexibility index (Phi) is 7.68. The first-order valence-electron chi connectivity index (χ1n) is 13.1. The lowest BCUT2D eigenvalue weighted by atomic mass is 9.44. The van der Waals surface area contributed by atoms with E-state index in [4.69, 9.17) is 0 Å². The minimum Gasteiger partial charge on any atom is -0.412 e. The van der Waals surface area contributed by atoms with E-state index in [1.807, 2.05) is 0 Å². The van der Waals surface area contributed by atoms with E-state index in [0.717, 1.165) is 36.5 Å². The van der Waals surface area contributed by atoms with Gasteiger partial charge in [0.1, 0.15) is 0 Å². The van der Waals surface area contributed by atoms with Gasteiger partial charge in [-0.25, -0.2) is 0 Å². The van der Waals surface area contributed by atoms with Gasteiger partial charge in [0.25, 0.3) is 0 Å². The largest absolute Gasteiger partial charge is 0.412 e. The predicted molar refractivity (Wildman–Crippen MR) is 124 cm³/mol. The van der Waals surface area contributed by atoms with Crippen molar-refractivity contribution in [2.45, 2.75) is 111 Å². The molecule has 0 aromatic carbocycles. The summed E-state index contributed by atoms with van der Waals surface area (Å²) in [5, 5.41) is 20.3. The van der Waals surface area contributed by atoms with Gasteiger partial charge in [-0.1, -0.05) is 40.5 Å². The maximum absolute atomic E-state index is 11.0. The van der Waals surface area contributed by atoms with Gasteiger partial charge in [0.15, 0.2) is 0 Å². The van der Waals surface area contributed by atoms with Crippen molar-refractivity contribution in [1.29, 1.82) is 0 Å². The Morgan fingerprint density at radius 1 is 0.833 bits per heavy atom. The molecule has 10 atom stereocenters. The van der Waals surface area contributed by atoms with Crippen LogP contribution in [0.15, 0.2) is 0 Å². The highest BCUT2D eigenvalue weighted by Crippen LogP contribution is 2.68. The van der Waals surface area contributed by atoms with Crippen molar-refractivity contribution in [3.8, 4) is 0 Å². The second-order valence-electron chi connectivity index (χ2n) is 12.4. The fourth-order valence-electron chi connectivity index (χ4n) is 9.28. The molecular formula is C27H50O3. The summed E-state index contributed by atoms with van der Waals surface area (Å²) >= 11 is 0. The topological polar surface area (TPSA) is 72.0 Å². The first-order valence-corrected chi connectivity index (χ1v) is 13.1. The second-order valence-corrected chi connectivity index (χ2v) is 12.4. The summed E-state index contributed by atoms with van der Waals surface area (Å²) in [6, 6.07) is 0. The molecule has 0 radical (unpaired) electrons. The standard InChI is InChI=1S/C27H48O2.H2O/c1-18(17-28)8-13-25(29)19(2)22-11-12-23-21-10-9-20-7-5-6-15-26(20,3)24(21)14-16-27(22,23)4;/h18-25,28-29H,5-17H2,1-4H3;1H2/t18-,19+,20?,21+,22-,23+,24+,25?,26+,27-;/m1./s1. The summed E-state index contributed by atoms with van der Waals surface area (Å²) in [6.45, 7) is 9.96. The molecule has 4 fully saturated rings. The zero-order chi connectivity index (χ0) is 20.8. The van der Waals surface area contributed by atoms with Crippen LogP contribution in [-0.2, 0) is 0 Å². The third-order valence-electron chi connectivity index (χ3n) is 11.2. The minimum atomic E-state index is -0.200. The summed E-state index contributed by atoms with van der Waals surface area (Å²) in [7, 11) is 0. The molecule has 4 N–H and O–H groups in total. The Hall–Kier alpha value is -0.120. The average Bonchev–Trinajstić information content (AvgIpc) is 3.07. The molecule has 2 unspecified atom stereocenters. The number of hydrogen-bond donors (Lipinski definition) is 2. The maximum Gasteiger partial charge on any atom is 0.0568 e. The van der Waals surface area contributed by atoms with Crippen molar-refractivity contribution in [2.24, 2.45) is 52.3 Å². The molecule has 0 aromatic rings. The Bertz CT molecular complexity index is 564. The molecular weight excluding hydrogens is 372 g/mol. The summed E-state index contributed by atoms with van der Waals surface area (Å²) in [4.78, 5) is 0. The monoisotopic (exact) mass is 422 g/mol. The van der Waals surface area contributed by atoms with Crippen molar-refractivity contribution in [2.75, 3.05) is 6.61 Å². The van der Waals surface area contributed by atoms with Crippen LogP contribution in [0.25, 0.3) is 0 Å². The normalized spacial score (nSPS) is 46.0. The van der Waals surface area contributed by atoms with Crippen molar-refractivity contribution in [3.05, 3.63) is 0 Å². The number of rotatable bonds is 6. The SMILES string of the molecule is C[C@@H](CO)CCC(O)[C@@H](C)[C@H]1CC[C@H]2[C@@H]3CCC4CCCC[C@]4(C)[C@H]3CC[C@]12C.O. The van der Waals surface area contributed by atoms with E-state index < -0.39 is 0 Å². The average molecular weight is 423 g/mol. The van der Waals surface area contributed by atoms with Crippen molar-refractivity contribution in [1.82, 2.24) is 0 Å². The van der Waals surface area contributed by atoms with Crippen LogP contribution in [0.4, 0.5) is 0 Å². The van der Waals surface area contributed by atoms with Crippen molar-refractivity contribution < 1.29 is 15.7 Å². The smallest absolute Gasteiger partial charge is 0.0568 e. The zero-order valence-electron chi connectivity index (χ0n) is 20.2. The van der Waals surface area contributed by atoms with Crippen LogP contribution in [0.1, 0.15) is 105 Å². The van der Waals surface area contributed by atoms with Crippen LogP contribution < -0.4 is 0 Å². The molecule has 0 heterocycles. The lowest BCUT2D eigenvalue weighted by Crippen LogP contribution is -2.53. The highest BCUT2D eigenvalue weighted by atomic mass is 16.3. The summed E-state index contributed by atoms with van der Waals surface area (Å²) in [5.74, 6) is 5.23. The Morgan fingerprint density at radius 3 is 2.30 bits per heavy atom. The zero-order valence-corrected chi connectivity index (χ0v) is 20.2. The summed E-state index contributed by atoms with van der Waals surface area (Å²) < 4.78 is 0. The molecule has 0 spiro atoms. The molecule has 0 amide bonds. The number of hydrogen-bond acceptors (Lipinski definition) is 2. The van der Waals surface area contributed by atoms with Gasteiger partial charge in [-0.3, -0.25) is 0 Å². The van der Waals surface area contributed by atoms with E-state index in [2.05, 4.69) is 27.7 Å². The Morgan fingerprint density at radius 2 is 1.57 bits per heavy atom. The van der Waals surface area contributed by atoms with E-state index in [9.17, 15) is 10.2 Å². The molecule has 4 saturated carbocycles. The number of aliphatic hydroxyl groups excluding tert-OH is 2. The van der Waals surface area contributed by atoms with E-state index in [-0.39, 0.29) is 18.2 Å². The number of fused-ring (bicyclic) bond motifs is 5. The van der Waals surface area contributed by atoms with E-state index in [0.29, 0.717) is 28.6 Å². The van der Waals surface area contributed by atoms with Crippen molar-refractivity contribution >= 4 is 0 Å². The lowest BCUT2D eigenvalue weighted by molar-refractivity contribution is -0.118. The van der Waals surface area contributed by atoms with E-state index in [1.54, 1.807) is 0 Å². The van der Waals surface area contributed by atoms with Crippen LogP contribution in [0.5, 0.6) is 0 Å². The first kappa shape index (κ1) is 24.5. The van der Waals surface area contributed by atoms with Crippen LogP contribution in [0.2, 0.25) is 0 Å². The molecule has 4 rings (SSSR count). The molecule has 3 heteroatoms. The molecule has 4 aliphatic rings. The first-order chi connectivity index (χ1) is 13.8. The third-order valence-corrected chi connectivity index (χ3v) is 11.2. The molecule has 0 saturated heterocycles. The van der Waals surface area contributed by atoms with Gasteiger partial charge in [-0.15, -0.1) is 0 Å². The maximum atomic E-state index is 11.0. The van der Waals surface area contributed by atoms with Gasteiger partial charge in [-0.2, -0.15) is 0 Å². The van der Waals surface area contributed by atoms with Gasteiger partial charge < -0.3 is 15.7 Å². The molecule has 176 valence electrons. The Labute approximate surface area is 185 Å². The number of aliphatic hydroxyl groups is 2. The van der Waals surface area contributed by atoms with Crippen LogP contribution >= 0.6 is 0 Å². The fraction of sp³-hybridized carbons (Fsp3) is 1.00. The molecule has 3 nitrogen and oxygen atoms in total. The molecule has 0 bridgehead atoms. The van der Waals surface area contributed by atoms with Gasteiger partial charge in [0.2, 0.25) is 0 Å². The summed E-state index contributed by atoms with van der Waals surface area (Å²) in [5.41, 5.74) is 1.08. The Balaban J connectivity index is 0.00000256. The van der Waals surface area contributed by atoms with Gasteiger partial charge in [0, 0.05) is 6.61 Å². The van der Waals surface area contributed by atoms with Gasteiger partial charge in [-0.05, 0) is 116 Å². The van der Waals surface area contributed by atoms with Gasteiger partial charge >= 0.3 is 0 Å². The lowest BCUT2D eigenvalue weighted by Gasteiger charge is -2.61. The van der Waals surface area contributed by atoms with Crippen molar-refractivity contribution in [3.63, 3.8) is 0 Å². The second kappa shape index (κ2) is 9.40. The molecule has 30 heavy (non-hydrogen) atoms. The molecule has 4 aliphatic carbocycles. The van der Waals surface area contributed by atoms with E-state index >= 15 is 0 Å².